The smallest absolute Gasteiger partial charge is 0.0200 e. The van der Waals surface area contributed by atoms with Gasteiger partial charge in [-0.1, -0.05) is 0 Å². The Morgan fingerprint density at radius 3 is 1.75 bits per heavy atom. The standard InChI is InChI=1S/C10H22N2/c1-8-6-11-7-9(2)12(8)10(3,4)5/h8-9,11H,6-7H2,1-5H3/t8-,9+. The predicted molar refractivity (Wildman–Crippen MR) is 53.4 cm³/mol. The lowest BCUT2D eigenvalue weighted by molar-refractivity contribution is 0.0265. The maximum absolute atomic E-state index is 3.44. The van der Waals surface area contributed by atoms with Crippen molar-refractivity contribution in [2.75, 3.05) is 13.1 Å². The van der Waals surface area contributed by atoms with Gasteiger partial charge in [-0.15, -0.1) is 0 Å². The maximum atomic E-state index is 3.44. The van der Waals surface area contributed by atoms with Crippen LogP contribution in [-0.4, -0.2) is 35.6 Å². The van der Waals surface area contributed by atoms with Crippen LogP contribution in [-0.2, 0) is 0 Å². The molecule has 0 spiro atoms. The molecule has 1 N–H and O–H groups in total. The van der Waals surface area contributed by atoms with E-state index in [1.807, 2.05) is 0 Å². The molecular weight excluding hydrogens is 148 g/mol. The Morgan fingerprint density at radius 2 is 1.50 bits per heavy atom. The average molecular weight is 170 g/mol. The molecule has 1 rings (SSSR count). The van der Waals surface area contributed by atoms with E-state index in [0.29, 0.717) is 17.6 Å². The van der Waals surface area contributed by atoms with Crippen molar-refractivity contribution < 1.29 is 0 Å². The fourth-order valence-corrected chi connectivity index (χ4v) is 2.45. The molecule has 1 aliphatic heterocycles. The van der Waals surface area contributed by atoms with Gasteiger partial charge >= 0.3 is 0 Å². The summed E-state index contributed by atoms with van der Waals surface area (Å²) in [5.41, 5.74) is 0.306. The van der Waals surface area contributed by atoms with Gasteiger partial charge in [0.1, 0.15) is 0 Å². The number of nitrogens with one attached hydrogen (secondary N) is 1. The van der Waals surface area contributed by atoms with Crippen LogP contribution in [0.1, 0.15) is 34.6 Å². The van der Waals surface area contributed by atoms with E-state index >= 15 is 0 Å². The van der Waals surface area contributed by atoms with E-state index < -0.39 is 0 Å². The van der Waals surface area contributed by atoms with Crippen molar-refractivity contribution in [1.82, 2.24) is 10.2 Å². The van der Waals surface area contributed by atoms with Gasteiger partial charge in [-0.05, 0) is 34.6 Å². The average Bonchev–Trinajstić information content (AvgIpc) is 1.82. The molecule has 0 bridgehead atoms. The van der Waals surface area contributed by atoms with E-state index in [1.165, 1.54) is 0 Å². The molecule has 12 heavy (non-hydrogen) atoms. The van der Waals surface area contributed by atoms with Crippen molar-refractivity contribution in [2.45, 2.75) is 52.2 Å². The van der Waals surface area contributed by atoms with Crippen LogP contribution in [0.2, 0.25) is 0 Å². The van der Waals surface area contributed by atoms with Crippen molar-refractivity contribution in [3.05, 3.63) is 0 Å². The van der Waals surface area contributed by atoms with Crippen molar-refractivity contribution in [2.24, 2.45) is 0 Å². The van der Waals surface area contributed by atoms with E-state index in [0.717, 1.165) is 13.1 Å². The predicted octanol–water partition coefficient (Wildman–Crippen LogP) is 1.47. The molecule has 0 aromatic rings. The summed E-state index contributed by atoms with van der Waals surface area (Å²) in [5.74, 6) is 0. The third kappa shape index (κ3) is 1.99. The Balaban J connectivity index is 2.69. The monoisotopic (exact) mass is 170 g/mol. The van der Waals surface area contributed by atoms with Crippen molar-refractivity contribution in [3.63, 3.8) is 0 Å². The number of nitrogens with zero attached hydrogens (tertiary/aromatic N) is 1. The first-order valence-electron chi connectivity index (χ1n) is 4.92. The van der Waals surface area contributed by atoms with Gasteiger partial charge in [0.2, 0.25) is 0 Å². The van der Waals surface area contributed by atoms with E-state index in [9.17, 15) is 0 Å². The van der Waals surface area contributed by atoms with Crippen LogP contribution in [0.15, 0.2) is 0 Å². The lowest BCUT2D eigenvalue weighted by atomic mass is 9.98. The highest BCUT2D eigenvalue weighted by Crippen LogP contribution is 2.21. The van der Waals surface area contributed by atoms with Crippen molar-refractivity contribution in [1.29, 1.82) is 0 Å². The van der Waals surface area contributed by atoms with Crippen LogP contribution in [0.3, 0.4) is 0 Å². The Bertz CT molecular complexity index is 138. The van der Waals surface area contributed by atoms with Gasteiger partial charge in [0.05, 0.1) is 0 Å². The minimum Gasteiger partial charge on any atom is -0.314 e. The zero-order valence-electron chi connectivity index (χ0n) is 9.02. The molecular formula is C10H22N2. The topological polar surface area (TPSA) is 15.3 Å². The molecule has 2 heteroatoms. The minimum atomic E-state index is 0.306. The maximum Gasteiger partial charge on any atom is 0.0200 e. The largest absolute Gasteiger partial charge is 0.314 e. The molecule has 1 saturated heterocycles. The van der Waals surface area contributed by atoms with E-state index in [-0.39, 0.29) is 0 Å². The molecule has 0 saturated carbocycles. The van der Waals surface area contributed by atoms with Gasteiger partial charge in [0, 0.05) is 30.7 Å². The molecule has 0 aromatic heterocycles. The highest BCUT2D eigenvalue weighted by atomic mass is 15.3. The number of hydrogen-bond acceptors (Lipinski definition) is 2. The van der Waals surface area contributed by atoms with Gasteiger partial charge < -0.3 is 5.32 Å². The first-order chi connectivity index (χ1) is 5.43. The van der Waals surface area contributed by atoms with Crippen molar-refractivity contribution in [3.8, 4) is 0 Å². The second-order valence-corrected chi connectivity index (χ2v) is 4.93. The van der Waals surface area contributed by atoms with Crippen LogP contribution in [0.4, 0.5) is 0 Å². The Hall–Kier alpha value is -0.0800. The van der Waals surface area contributed by atoms with Crippen LogP contribution >= 0.6 is 0 Å². The van der Waals surface area contributed by atoms with Crippen LogP contribution in [0.25, 0.3) is 0 Å². The summed E-state index contributed by atoms with van der Waals surface area (Å²) in [4.78, 5) is 2.60. The summed E-state index contributed by atoms with van der Waals surface area (Å²) in [6, 6.07) is 1.32. The Kier molecular flexibility index (Phi) is 2.79. The van der Waals surface area contributed by atoms with Gasteiger partial charge in [0.15, 0.2) is 0 Å². The van der Waals surface area contributed by atoms with Gasteiger partial charge in [-0.25, -0.2) is 0 Å². The summed E-state index contributed by atoms with van der Waals surface area (Å²) >= 11 is 0. The highest BCUT2D eigenvalue weighted by molar-refractivity contribution is 4.90. The molecule has 72 valence electrons. The number of piperazine rings is 1. The zero-order chi connectivity index (χ0) is 9.35. The second kappa shape index (κ2) is 3.35. The summed E-state index contributed by atoms with van der Waals surface area (Å²) in [5, 5.41) is 3.44. The van der Waals surface area contributed by atoms with Crippen LogP contribution < -0.4 is 5.32 Å². The third-order valence-corrected chi connectivity index (χ3v) is 2.60. The molecule has 2 atom stereocenters. The van der Waals surface area contributed by atoms with E-state index in [2.05, 4.69) is 44.8 Å². The molecule has 0 unspecified atom stereocenters. The molecule has 0 aliphatic carbocycles. The Labute approximate surface area is 76.3 Å². The molecule has 1 aliphatic rings. The second-order valence-electron chi connectivity index (χ2n) is 4.93. The molecule has 2 nitrogen and oxygen atoms in total. The molecule has 0 radical (unpaired) electrons. The van der Waals surface area contributed by atoms with Gasteiger partial charge in [-0.2, -0.15) is 0 Å². The SMILES string of the molecule is C[C@@H]1CNC[C@H](C)N1C(C)(C)C. The molecule has 1 heterocycles. The highest BCUT2D eigenvalue weighted by Gasteiger charge is 2.32. The Morgan fingerprint density at radius 1 is 1.08 bits per heavy atom. The normalized spacial score (nSPS) is 33.8. The van der Waals surface area contributed by atoms with E-state index in [4.69, 9.17) is 0 Å². The quantitative estimate of drug-likeness (QED) is 0.592. The lowest BCUT2D eigenvalue weighted by Gasteiger charge is -2.47. The molecule has 1 fully saturated rings. The fraction of sp³-hybridized carbons (Fsp3) is 1.00. The number of rotatable bonds is 0. The van der Waals surface area contributed by atoms with E-state index in [1.54, 1.807) is 0 Å². The summed E-state index contributed by atoms with van der Waals surface area (Å²) in [6.07, 6.45) is 0. The van der Waals surface area contributed by atoms with Crippen molar-refractivity contribution >= 4 is 0 Å². The zero-order valence-corrected chi connectivity index (χ0v) is 9.02. The van der Waals surface area contributed by atoms with Crippen LogP contribution in [0.5, 0.6) is 0 Å². The lowest BCUT2D eigenvalue weighted by Crippen LogP contribution is -2.61. The molecule has 0 aromatic carbocycles. The molecule has 0 amide bonds. The van der Waals surface area contributed by atoms with Crippen LogP contribution in [0, 0.1) is 0 Å². The summed E-state index contributed by atoms with van der Waals surface area (Å²) in [6.45, 7) is 13.7. The summed E-state index contributed by atoms with van der Waals surface area (Å²) < 4.78 is 0. The number of hydrogen-bond donors (Lipinski definition) is 1. The fourth-order valence-electron chi connectivity index (χ4n) is 2.45. The first kappa shape index (κ1) is 10.0. The minimum absolute atomic E-state index is 0.306. The summed E-state index contributed by atoms with van der Waals surface area (Å²) in [7, 11) is 0. The van der Waals surface area contributed by atoms with Gasteiger partial charge in [0.25, 0.3) is 0 Å². The first-order valence-corrected chi connectivity index (χ1v) is 4.92. The van der Waals surface area contributed by atoms with Gasteiger partial charge in [-0.3, -0.25) is 4.90 Å². The third-order valence-electron chi connectivity index (χ3n) is 2.60.